The lowest BCUT2D eigenvalue weighted by Gasteiger charge is -2.10. The molecule has 1 aromatic heterocycles. The van der Waals surface area contributed by atoms with E-state index in [2.05, 4.69) is 4.98 Å². The van der Waals surface area contributed by atoms with E-state index in [0.717, 1.165) is 0 Å². The Kier molecular flexibility index (Phi) is 3.85. The fourth-order valence-corrected chi connectivity index (χ4v) is 2.51. The van der Waals surface area contributed by atoms with Crippen LogP contribution in [-0.2, 0) is 4.59 Å². The van der Waals surface area contributed by atoms with Crippen LogP contribution in [0.15, 0.2) is 51.7 Å². The molecule has 0 amide bonds. The van der Waals surface area contributed by atoms with Crippen LogP contribution in [0.4, 0.5) is 4.39 Å². The highest BCUT2D eigenvalue weighted by Gasteiger charge is 2.25. The molecule has 1 heterocycles. The molecule has 0 atom stereocenters. The number of rotatable bonds is 2. The van der Waals surface area contributed by atoms with E-state index in [0.29, 0.717) is 11.1 Å². The molecule has 22 heavy (non-hydrogen) atoms. The zero-order valence-electron chi connectivity index (χ0n) is 10.8. The Morgan fingerprint density at radius 1 is 1.14 bits per heavy atom. The average Bonchev–Trinajstić information content (AvgIpc) is 2.46. The van der Waals surface area contributed by atoms with Crippen molar-refractivity contribution in [3.05, 3.63) is 63.5 Å². The fraction of sp³-hybridized carbons (Fsp3) is 0.0667. The van der Waals surface area contributed by atoms with Gasteiger partial charge in [0, 0.05) is 11.1 Å². The second-order valence-corrected chi connectivity index (χ2v) is 6.16. The predicted molar refractivity (Wildman–Crippen MR) is 85.2 cm³/mol. The van der Waals surface area contributed by atoms with Crippen molar-refractivity contribution in [3.8, 4) is 11.5 Å². The molecule has 112 valence electrons. The number of aromatic nitrogens is 1. The third-order valence-corrected chi connectivity index (χ3v) is 3.80. The van der Waals surface area contributed by atoms with Crippen LogP contribution in [0.1, 0.15) is 5.56 Å². The minimum Gasteiger partial charge on any atom is -0.403 e. The van der Waals surface area contributed by atoms with Crippen LogP contribution in [-0.4, -0.2) is 4.98 Å². The minimum absolute atomic E-state index is 0.0176. The number of halogens is 4. The highest BCUT2D eigenvalue weighted by atomic mass is 35.5. The van der Waals surface area contributed by atoms with E-state index in [-0.39, 0.29) is 21.9 Å². The Hall–Kier alpha value is -1.62. The molecule has 0 fully saturated rings. The van der Waals surface area contributed by atoms with Crippen molar-refractivity contribution in [1.29, 1.82) is 0 Å². The van der Waals surface area contributed by atoms with Gasteiger partial charge in [-0.3, -0.25) is 0 Å². The Morgan fingerprint density at radius 3 is 2.59 bits per heavy atom. The molecule has 2 aromatic carbocycles. The van der Waals surface area contributed by atoms with E-state index in [1.165, 1.54) is 18.2 Å². The van der Waals surface area contributed by atoms with E-state index in [9.17, 15) is 9.18 Å². The maximum absolute atomic E-state index is 13.6. The standard InChI is InChI=1S/C15H7Cl3FNO2/c16-10-5-2-6-11-12(10)14(21)22-13(20-11)8-3-1-4-9(7-8)15(17,18)19/h1-7H. The van der Waals surface area contributed by atoms with Gasteiger partial charge < -0.3 is 4.42 Å². The molecule has 3 nitrogen and oxygen atoms in total. The molecule has 7 heteroatoms. The second kappa shape index (κ2) is 5.54. The third kappa shape index (κ3) is 2.82. The quantitative estimate of drug-likeness (QED) is 0.601. The molecule has 0 aliphatic rings. The molecule has 0 spiro atoms. The summed E-state index contributed by atoms with van der Waals surface area (Å²) in [5.74, 6) is 0.0270. The van der Waals surface area contributed by atoms with Gasteiger partial charge in [0.2, 0.25) is 5.89 Å². The van der Waals surface area contributed by atoms with Crippen LogP contribution >= 0.6 is 34.8 Å². The largest absolute Gasteiger partial charge is 0.403 e. The van der Waals surface area contributed by atoms with Gasteiger partial charge in [-0.2, -0.15) is 0 Å². The maximum atomic E-state index is 13.6. The average molecular weight is 359 g/mol. The molecule has 3 aromatic rings. The van der Waals surface area contributed by atoms with E-state index in [1.807, 2.05) is 0 Å². The number of fused-ring (bicyclic) bond motifs is 1. The van der Waals surface area contributed by atoms with Crippen molar-refractivity contribution in [2.45, 2.75) is 4.59 Å². The first-order chi connectivity index (χ1) is 10.4. The lowest BCUT2D eigenvalue weighted by Crippen LogP contribution is -2.05. The first-order valence-electron chi connectivity index (χ1n) is 6.13. The van der Waals surface area contributed by atoms with Crippen molar-refractivity contribution in [2.75, 3.05) is 0 Å². The Labute approximate surface area is 139 Å². The summed E-state index contributed by atoms with van der Waals surface area (Å²) in [5, 5.41) is 0.446. The number of hydrogen-bond acceptors (Lipinski definition) is 3. The van der Waals surface area contributed by atoms with Gasteiger partial charge in [-0.15, -0.1) is 0 Å². The molecule has 0 unspecified atom stereocenters. The summed E-state index contributed by atoms with van der Waals surface area (Å²) in [6.45, 7) is 0. The van der Waals surface area contributed by atoms with Crippen molar-refractivity contribution < 1.29 is 8.81 Å². The molecule has 0 radical (unpaired) electrons. The summed E-state index contributed by atoms with van der Waals surface area (Å²) < 4.78 is 16.2. The molecular weight excluding hydrogens is 352 g/mol. The number of benzene rings is 2. The summed E-state index contributed by atoms with van der Waals surface area (Å²) in [7, 11) is 0. The first-order valence-corrected chi connectivity index (χ1v) is 7.26. The monoisotopic (exact) mass is 357 g/mol. The van der Waals surface area contributed by atoms with E-state index >= 15 is 0 Å². The number of alkyl halides is 3. The summed E-state index contributed by atoms with van der Waals surface area (Å²) in [6.07, 6.45) is 0. The van der Waals surface area contributed by atoms with Crippen LogP contribution in [0.5, 0.6) is 0 Å². The van der Waals surface area contributed by atoms with Gasteiger partial charge in [-0.05, 0) is 24.3 Å². The molecular formula is C15H7Cl3FNO2. The lowest BCUT2D eigenvalue weighted by atomic mass is 10.1. The Bertz CT molecular complexity index is 919. The lowest BCUT2D eigenvalue weighted by molar-refractivity contribution is 0.405. The Morgan fingerprint density at radius 2 is 1.86 bits per heavy atom. The van der Waals surface area contributed by atoms with E-state index in [4.69, 9.17) is 39.2 Å². The normalized spacial score (nSPS) is 11.8. The summed E-state index contributed by atoms with van der Waals surface area (Å²) >= 11 is 16.8. The van der Waals surface area contributed by atoms with E-state index in [1.54, 1.807) is 24.3 Å². The summed E-state index contributed by atoms with van der Waals surface area (Å²) in [5.41, 5.74) is 0.149. The van der Waals surface area contributed by atoms with Crippen LogP contribution in [0.2, 0.25) is 5.02 Å². The van der Waals surface area contributed by atoms with Crippen molar-refractivity contribution in [2.24, 2.45) is 0 Å². The van der Waals surface area contributed by atoms with Crippen molar-refractivity contribution in [1.82, 2.24) is 4.98 Å². The van der Waals surface area contributed by atoms with Gasteiger partial charge >= 0.3 is 5.63 Å². The SMILES string of the molecule is O=c1oc(-c2cccc(C(F)(Cl)Cl)c2)nc2cccc(Cl)c12. The summed E-state index contributed by atoms with van der Waals surface area (Å²) in [4.78, 5) is 16.3. The van der Waals surface area contributed by atoms with Gasteiger partial charge in [0.05, 0.1) is 10.5 Å². The predicted octanol–water partition coefficient (Wildman–Crippen LogP) is 5.07. The van der Waals surface area contributed by atoms with Gasteiger partial charge in [0.25, 0.3) is 4.59 Å². The Balaban J connectivity index is 2.22. The topological polar surface area (TPSA) is 43.1 Å². The van der Waals surface area contributed by atoms with Gasteiger partial charge in [0.1, 0.15) is 5.39 Å². The molecule has 3 rings (SSSR count). The van der Waals surface area contributed by atoms with Gasteiger partial charge in [-0.25, -0.2) is 14.2 Å². The zero-order valence-corrected chi connectivity index (χ0v) is 13.1. The molecule has 0 saturated carbocycles. The van der Waals surface area contributed by atoms with Crippen LogP contribution in [0.3, 0.4) is 0 Å². The second-order valence-electron chi connectivity index (χ2n) is 4.52. The molecule has 0 N–H and O–H groups in total. The minimum atomic E-state index is -2.55. The molecule has 0 bridgehead atoms. The molecule has 0 aliphatic carbocycles. The first kappa shape index (κ1) is 15.3. The van der Waals surface area contributed by atoms with Crippen molar-refractivity contribution in [3.63, 3.8) is 0 Å². The van der Waals surface area contributed by atoms with Gasteiger partial charge in [-0.1, -0.05) is 53.0 Å². The number of nitrogens with zero attached hydrogens (tertiary/aromatic N) is 1. The third-order valence-electron chi connectivity index (χ3n) is 3.04. The molecule has 0 aliphatic heterocycles. The highest BCUT2D eigenvalue weighted by molar-refractivity contribution is 6.46. The smallest absolute Gasteiger partial charge is 0.348 e. The van der Waals surface area contributed by atoms with Crippen molar-refractivity contribution >= 4 is 45.7 Å². The fourth-order valence-electron chi connectivity index (χ4n) is 2.03. The van der Waals surface area contributed by atoms with Crippen LogP contribution < -0.4 is 5.63 Å². The summed E-state index contributed by atoms with van der Waals surface area (Å²) in [6, 6.07) is 10.8. The highest BCUT2D eigenvalue weighted by Crippen LogP contribution is 2.36. The van der Waals surface area contributed by atoms with Crippen LogP contribution in [0.25, 0.3) is 22.4 Å². The zero-order chi connectivity index (χ0) is 15.9. The number of hydrogen-bond donors (Lipinski definition) is 0. The van der Waals surface area contributed by atoms with Crippen LogP contribution in [0, 0.1) is 0 Å². The molecule has 0 saturated heterocycles. The maximum Gasteiger partial charge on any atom is 0.348 e. The van der Waals surface area contributed by atoms with Gasteiger partial charge in [0.15, 0.2) is 0 Å². The van der Waals surface area contributed by atoms with E-state index < -0.39 is 10.2 Å².